The van der Waals surface area contributed by atoms with E-state index in [1.165, 1.54) is 37.1 Å². The van der Waals surface area contributed by atoms with Crippen LogP contribution < -0.4 is 16.4 Å². The molecule has 2 aliphatic rings. The number of primary amides is 1. The maximum absolute atomic E-state index is 11.3. The first-order valence-corrected chi connectivity index (χ1v) is 11.9. The SMILES string of the molecule is CN=C(NCCCCN1CCC(C(N)=O)CC1)NCc1ccc(CN2CCCC2)cc1.I. The van der Waals surface area contributed by atoms with Crippen molar-refractivity contribution in [1.29, 1.82) is 0 Å². The smallest absolute Gasteiger partial charge is 0.220 e. The van der Waals surface area contributed by atoms with E-state index < -0.39 is 0 Å². The van der Waals surface area contributed by atoms with Crippen LogP contribution in [-0.2, 0) is 17.9 Å². The van der Waals surface area contributed by atoms with Gasteiger partial charge in [-0.2, -0.15) is 0 Å². The largest absolute Gasteiger partial charge is 0.369 e. The molecule has 1 aromatic carbocycles. The fraction of sp³-hybridized carbons (Fsp3) is 0.667. The highest BCUT2D eigenvalue weighted by Gasteiger charge is 2.22. The number of nitrogens with one attached hydrogen (secondary N) is 2. The standard InChI is InChI=1S/C24H40N6O.HI/c1-26-24(27-12-2-3-13-29-16-10-22(11-17-29)23(25)31)28-18-20-6-8-21(9-7-20)19-30-14-4-5-15-30;/h6-9,22H,2-5,10-19H2,1H3,(H2,25,31)(H2,26,27,28);1H. The number of carbonyl (C=O) groups is 1. The molecular formula is C24H41IN6O. The zero-order valence-electron chi connectivity index (χ0n) is 19.5. The lowest BCUT2D eigenvalue weighted by atomic mass is 9.96. The maximum Gasteiger partial charge on any atom is 0.220 e. The van der Waals surface area contributed by atoms with Crippen LogP contribution in [0.3, 0.4) is 0 Å². The Hall–Kier alpha value is -1.39. The second-order valence-electron chi connectivity index (χ2n) is 8.88. The van der Waals surface area contributed by atoms with E-state index in [-0.39, 0.29) is 35.8 Å². The van der Waals surface area contributed by atoms with E-state index in [9.17, 15) is 4.79 Å². The number of nitrogens with two attached hydrogens (primary N) is 1. The van der Waals surface area contributed by atoms with Crippen LogP contribution in [0, 0.1) is 5.92 Å². The van der Waals surface area contributed by atoms with Crippen LogP contribution >= 0.6 is 24.0 Å². The number of nitrogens with zero attached hydrogens (tertiary/aromatic N) is 3. The summed E-state index contributed by atoms with van der Waals surface area (Å²) in [6.07, 6.45) is 6.73. The van der Waals surface area contributed by atoms with Crippen molar-refractivity contribution in [3.05, 3.63) is 35.4 Å². The van der Waals surface area contributed by atoms with Gasteiger partial charge in [0.1, 0.15) is 0 Å². The number of unbranched alkanes of at least 4 members (excludes halogenated alkanes) is 1. The predicted octanol–water partition coefficient (Wildman–Crippen LogP) is 2.54. The van der Waals surface area contributed by atoms with Gasteiger partial charge in [-0.3, -0.25) is 14.7 Å². The summed E-state index contributed by atoms with van der Waals surface area (Å²) in [5.74, 6) is 0.790. The van der Waals surface area contributed by atoms with Gasteiger partial charge in [0, 0.05) is 32.6 Å². The van der Waals surface area contributed by atoms with Crippen LogP contribution in [0.4, 0.5) is 0 Å². The molecule has 0 unspecified atom stereocenters. The Kier molecular flexibility index (Phi) is 12.3. The van der Waals surface area contributed by atoms with E-state index in [0.717, 1.165) is 70.9 Å². The molecule has 0 aliphatic carbocycles. The fourth-order valence-corrected chi connectivity index (χ4v) is 4.48. The molecular weight excluding hydrogens is 515 g/mol. The highest BCUT2D eigenvalue weighted by Crippen LogP contribution is 2.17. The third-order valence-corrected chi connectivity index (χ3v) is 6.49. The first-order chi connectivity index (χ1) is 15.1. The first-order valence-electron chi connectivity index (χ1n) is 11.9. The summed E-state index contributed by atoms with van der Waals surface area (Å²) in [5, 5.41) is 6.82. The van der Waals surface area contributed by atoms with Gasteiger partial charge in [0.25, 0.3) is 0 Å². The van der Waals surface area contributed by atoms with E-state index in [2.05, 4.69) is 49.7 Å². The van der Waals surface area contributed by atoms with Crippen molar-refractivity contribution >= 4 is 35.8 Å². The zero-order chi connectivity index (χ0) is 21.9. The number of halogens is 1. The van der Waals surface area contributed by atoms with Gasteiger partial charge in [-0.25, -0.2) is 0 Å². The Morgan fingerprint density at radius 3 is 2.28 bits per heavy atom. The van der Waals surface area contributed by atoms with Crippen molar-refractivity contribution in [1.82, 2.24) is 20.4 Å². The lowest BCUT2D eigenvalue weighted by Gasteiger charge is -2.30. The number of aliphatic imine (C=N–C) groups is 1. The summed E-state index contributed by atoms with van der Waals surface area (Å²) in [7, 11) is 1.82. The minimum Gasteiger partial charge on any atom is -0.369 e. The van der Waals surface area contributed by atoms with E-state index in [0.29, 0.717) is 0 Å². The molecule has 0 spiro atoms. The third kappa shape index (κ3) is 9.23. The monoisotopic (exact) mass is 556 g/mol. The minimum atomic E-state index is -0.138. The number of piperidine rings is 1. The molecule has 0 radical (unpaired) electrons. The molecule has 2 aliphatic heterocycles. The number of hydrogen-bond acceptors (Lipinski definition) is 4. The average Bonchev–Trinajstić information content (AvgIpc) is 3.30. The lowest BCUT2D eigenvalue weighted by Crippen LogP contribution is -2.39. The number of likely N-dealkylation sites (tertiary alicyclic amines) is 2. The Morgan fingerprint density at radius 1 is 1.00 bits per heavy atom. The second kappa shape index (κ2) is 14.7. The van der Waals surface area contributed by atoms with E-state index in [1.807, 2.05) is 7.05 Å². The van der Waals surface area contributed by atoms with E-state index in [1.54, 1.807) is 0 Å². The number of hydrogen-bond donors (Lipinski definition) is 3. The number of rotatable bonds is 10. The van der Waals surface area contributed by atoms with Gasteiger partial charge in [0.2, 0.25) is 5.91 Å². The third-order valence-electron chi connectivity index (χ3n) is 6.49. The van der Waals surface area contributed by atoms with Crippen molar-refractivity contribution in [2.24, 2.45) is 16.6 Å². The molecule has 1 aromatic rings. The molecule has 8 heteroatoms. The van der Waals surface area contributed by atoms with Crippen LogP contribution in [-0.4, -0.2) is 68.0 Å². The van der Waals surface area contributed by atoms with Crippen molar-refractivity contribution in [2.75, 3.05) is 46.3 Å². The van der Waals surface area contributed by atoms with Crippen LogP contribution in [0.2, 0.25) is 0 Å². The van der Waals surface area contributed by atoms with Gasteiger partial charge in [-0.1, -0.05) is 24.3 Å². The predicted molar refractivity (Wildman–Crippen MR) is 142 cm³/mol. The van der Waals surface area contributed by atoms with Gasteiger partial charge in [-0.05, 0) is 82.4 Å². The molecule has 0 saturated carbocycles. The molecule has 7 nitrogen and oxygen atoms in total. The molecule has 180 valence electrons. The number of guanidine groups is 1. The summed E-state index contributed by atoms with van der Waals surface area (Å²) >= 11 is 0. The Morgan fingerprint density at radius 2 is 1.66 bits per heavy atom. The molecule has 0 atom stereocenters. The van der Waals surface area contributed by atoms with Crippen molar-refractivity contribution < 1.29 is 4.79 Å². The summed E-state index contributed by atoms with van der Waals surface area (Å²) < 4.78 is 0. The highest BCUT2D eigenvalue weighted by molar-refractivity contribution is 14.0. The first kappa shape index (κ1) is 26.9. The zero-order valence-corrected chi connectivity index (χ0v) is 21.9. The Labute approximate surface area is 210 Å². The summed E-state index contributed by atoms with van der Waals surface area (Å²) in [6.45, 7) is 8.29. The number of amides is 1. The maximum atomic E-state index is 11.3. The van der Waals surface area contributed by atoms with Gasteiger partial charge < -0.3 is 21.3 Å². The van der Waals surface area contributed by atoms with E-state index in [4.69, 9.17) is 5.73 Å². The molecule has 4 N–H and O–H groups in total. The average molecular weight is 557 g/mol. The number of carbonyl (C=O) groups excluding carboxylic acids is 1. The van der Waals surface area contributed by atoms with Crippen LogP contribution in [0.25, 0.3) is 0 Å². The molecule has 32 heavy (non-hydrogen) atoms. The second-order valence-corrected chi connectivity index (χ2v) is 8.88. The van der Waals surface area contributed by atoms with Crippen LogP contribution in [0.1, 0.15) is 49.7 Å². The number of benzene rings is 1. The van der Waals surface area contributed by atoms with Crippen molar-refractivity contribution in [3.8, 4) is 0 Å². The fourth-order valence-electron chi connectivity index (χ4n) is 4.48. The topological polar surface area (TPSA) is 86.0 Å². The van der Waals surface area contributed by atoms with E-state index >= 15 is 0 Å². The molecule has 2 saturated heterocycles. The normalized spacial score (nSPS) is 18.3. The molecule has 1 amide bonds. The summed E-state index contributed by atoms with van der Waals surface area (Å²) in [4.78, 5) is 20.6. The van der Waals surface area contributed by atoms with Crippen LogP contribution in [0.15, 0.2) is 29.3 Å². The molecule has 0 aromatic heterocycles. The Bertz CT molecular complexity index is 697. The lowest BCUT2D eigenvalue weighted by molar-refractivity contribution is -0.123. The molecule has 3 rings (SSSR count). The van der Waals surface area contributed by atoms with Crippen molar-refractivity contribution in [3.63, 3.8) is 0 Å². The Balaban J connectivity index is 0.00000363. The molecule has 0 bridgehead atoms. The summed E-state index contributed by atoms with van der Waals surface area (Å²) in [6, 6.07) is 8.93. The summed E-state index contributed by atoms with van der Waals surface area (Å²) in [5.41, 5.74) is 8.07. The molecule has 2 heterocycles. The van der Waals surface area contributed by atoms with Crippen molar-refractivity contribution in [2.45, 2.75) is 51.6 Å². The van der Waals surface area contributed by atoms with Gasteiger partial charge in [-0.15, -0.1) is 24.0 Å². The van der Waals surface area contributed by atoms with Gasteiger partial charge in [0.15, 0.2) is 5.96 Å². The van der Waals surface area contributed by atoms with Gasteiger partial charge in [0.05, 0.1) is 0 Å². The van der Waals surface area contributed by atoms with Gasteiger partial charge >= 0.3 is 0 Å². The highest BCUT2D eigenvalue weighted by atomic mass is 127. The molecule has 2 fully saturated rings. The minimum absolute atomic E-state index is 0. The quantitative estimate of drug-likeness (QED) is 0.179. The van der Waals surface area contributed by atoms with Crippen LogP contribution in [0.5, 0.6) is 0 Å².